The van der Waals surface area contributed by atoms with Gasteiger partial charge in [-0.1, -0.05) is 25.5 Å². The minimum Gasteiger partial charge on any atom is -0.390 e. The molecule has 2 fully saturated rings. The number of hydrogen-bond donors (Lipinski definition) is 1. The largest absolute Gasteiger partial charge is 0.390 e. The molecule has 0 radical (unpaired) electrons. The Hall–Kier alpha value is -0.910. The average molecular weight is 337 g/mol. The smallest absolute Gasteiger partial charge is 0.243 e. The van der Waals surface area contributed by atoms with Crippen LogP contribution in [0.25, 0.3) is 0 Å². The number of aliphatic hydroxyl groups is 1. The summed E-state index contributed by atoms with van der Waals surface area (Å²) in [5.41, 5.74) is 1.04. The van der Waals surface area contributed by atoms with Crippen LogP contribution < -0.4 is 0 Å². The summed E-state index contributed by atoms with van der Waals surface area (Å²) in [4.78, 5) is 0.413. The van der Waals surface area contributed by atoms with Crippen LogP contribution in [0, 0.1) is 25.7 Å². The van der Waals surface area contributed by atoms with Crippen molar-refractivity contribution < 1.29 is 13.5 Å². The van der Waals surface area contributed by atoms with Crippen molar-refractivity contribution in [3.63, 3.8) is 0 Å². The molecule has 1 aliphatic carbocycles. The van der Waals surface area contributed by atoms with Gasteiger partial charge in [0.25, 0.3) is 0 Å². The van der Waals surface area contributed by atoms with Gasteiger partial charge in [-0.25, -0.2) is 8.42 Å². The van der Waals surface area contributed by atoms with E-state index < -0.39 is 15.6 Å². The molecule has 1 N–H and O–H groups in total. The molecule has 0 aromatic heterocycles. The third kappa shape index (κ3) is 2.83. The fourth-order valence-electron chi connectivity index (χ4n) is 4.35. The molecule has 5 heteroatoms. The maximum Gasteiger partial charge on any atom is 0.243 e. The van der Waals surface area contributed by atoms with E-state index in [1.54, 1.807) is 10.4 Å². The summed E-state index contributed by atoms with van der Waals surface area (Å²) in [5, 5.41) is 10.9. The van der Waals surface area contributed by atoms with Crippen LogP contribution in [0.15, 0.2) is 23.1 Å². The SMILES string of the molecule is CC[C@@]1(O)CCC[C@@H]2CN(S(=O)(=O)c3cc(C)ccc3C)C[C@@H]21. The molecular weight excluding hydrogens is 310 g/mol. The van der Waals surface area contributed by atoms with Gasteiger partial charge >= 0.3 is 0 Å². The molecule has 4 nitrogen and oxygen atoms in total. The van der Waals surface area contributed by atoms with E-state index in [9.17, 15) is 13.5 Å². The first-order valence-corrected chi connectivity index (χ1v) is 10.0. The van der Waals surface area contributed by atoms with Gasteiger partial charge in [0.2, 0.25) is 10.0 Å². The molecule has 23 heavy (non-hydrogen) atoms. The van der Waals surface area contributed by atoms with Crippen LogP contribution in [0.2, 0.25) is 0 Å². The first-order chi connectivity index (χ1) is 10.8. The first-order valence-electron chi connectivity index (χ1n) is 8.58. The number of fused-ring (bicyclic) bond motifs is 1. The van der Waals surface area contributed by atoms with Crippen LogP contribution in [0.3, 0.4) is 0 Å². The number of hydrogen-bond acceptors (Lipinski definition) is 3. The standard InChI is InChI=1S/C18H27NO3S/c1-4-18(20)9-5-6-15-11-19(12-16(15)18)23(21,22)17-10-13(2)7-8-14(17)3/h7-8,10,15-16,20H,4-6,9,11-12H2,1-3H3/t15-,16+,18-/m1/s1. The highest BCUT2D eigenvalue weighted by Gasteiger charge is 2.50. The van der Waals surface area contributed by atoms with E-state index in [-0.39, 0.29) is 11.8 Å². The minimum atomic E-state index is -3.49. The molecule has 1 aromatic rings. The van der Waals surface area contributed by atoms with Crippen LogP contribution in [0.1, 0.15) is 43.7 Å². The summed E-state index contributed by atoms with van der Waals surface area (Å²) in [6, 6.07) is 5.57. The number of nitrogens with zero attached hydrogens (tertiary/aromatic N) is 1. The number of sulfonamides is 1. The van der Waals surface area contributed by atoms with Crippen molar-refractivity contribution in [1.82, 2.24) is 4.31 Å². The summed E-state index contributed by atoms with van der Waals surface area (Å²) in [5.74, 6) is 0.356. The minimum absolute atomic E-state index is 0.0705. The molecule has 0 unspecified atom stereocenters. The highest BCUT2D eigenvalue weighted by molar-refractivity contribution is 7.89. The number of rotatable bonds is 3. The summed E-state index contributed by atoms with van der Waals surface area (Å²) in [6.07, 6.45) is 3.50. The fraction of sp³-hybridized carbons (Fsp3) is 0.667. The van der Waals surface area contributed by atoms with Gasteiger partial charge in [0, 0.05) is 19.0 Å². The van der Waals surface area contributed by atoms with Crippen molar-refractivity contribution in [2.24, 2.45) is 11.8 Å². The topological polar surface area (TPSA) is 57.6 Å². The highest BCUT2D eigenvalue weighted by Crippen LogP contribution is 2.45. The Bertz CT molecular complexity index is 700. The lowest BCUT2D eigenvalue weighted by Crippen LogP contribution is -2.44. The first kappa shape index (κ1) is 16.9. The van der Waals surface area contributed by atoms with Gasteiger partial charge in [-0.3, -0.25) is 0 Å². The lowest BCUT2D eigenvalue weighted by atomic mass is 9.69. The van der Waals surface area contributed by atoms with E-state index in [0.29, 0.717) is 24.4 Å². The molecule has 1 saturated carbocycles. The predicted octanol–water partition coefficient (Wildman–Crippen LogP) is 2.87. The summed E-state index contributed by atoms with van der Waals surface area (Å²) in [6.45, 7) is 6.76. The van der Waals surface area contributed by atoms with E-state index in [0.717, 1.165) is 30.4 Å². The maximum absolute atomic E-state index is 13.1. The second-order valence-electron chi connectivity index (χ2n) is 7.31. The molecule has 1 heterocycles. The van der Waals surface area contributed by atoms with Gasteiger partial charge in [-0.2, -0.15) is 4.31 Å². The molecule has 0 amide bonds. The molecule has 1 saturated heterocycles. The highest BCUT2D eigenvalue weighted by atomic mass is 32.2. The summed E-state index contributed by atoms with van der Waals surface area (Å²) in [7, 11) is -3.49. The van der Waals surface area contributed by atoms with E-state index in [1.165, 1.54) is 0 Å². The molecular formula is C18H27NO3S. The van der Waals surface area contributed by atoms with Crippen molar-refractivity contribution in [2.75, 3.05) is 13.1 Å². The Morgan fingerprint density at radius 1 is 1.30 bits per heavy atom. The van der Waals surface area contributed by atoms with E-state index in [4.69, 9.17) is 0 Å². The van der Waals surface area contributed by atoms with Crippen molar-refractivity contribution in [3.8, 4) is 0 Å². The zero-order chi connectivity index (χ0) is 16.8. The normalized spacial score (nSPS) is 32.0. The van der Waals surface area contributed by atoms with Crippen molar-refractivity contribution in [2.45, 2.75) is 57.0 Å². The lowest BCUT2D eigenvalue weighted by molar-refractivity contribution is -0.0605. The van der Waals surface area contributed by atoms with Gasteiger partial charge in [0.05, 0.1) is 10.5 Å². The molecule has 0 bridgehead atoms. The Morgan fingerprint density at radius 3 is 2.74 bits per heavy atom. The fourth-order valence-corrected chi connectivity index (χ4v) is 6.18. The number of aryl methyl sites for hydroxylation is 2. The second kappa shape index (κ2) is 5.87. The second-order valence-corrected chi connectivity index (χ2v) is 9.21. The van der Waals surface area contributed by atoms with Crippen LogP contribution in [0.5, 0.6) is 0 Å². The summed E-state index contributed by atoms with van der Waals surface area (Å²) >= 11 is 0. The molecule has 3 rings (SSSR count). The molecule has 128 valence electrons. The van der Waals surface area contributed by atoms with Gasteiger partial charge < -0.3 is 5.11 Å². The Kier molecular flexibility index (Phi) is 4.32. The zero-order valence-corrected chi connectivity index (χ0v) is 15.1. The molecule has 1 aromatic carbocycles. The van der Waals surface area contributed by atoms with Crippen LogP contribution in [-0.4, -0.2) is 36.5 Å². The lowest BCUT2D eigenvalue weighted by Gasteiger charge is -2.40. The third-order valence-corrected chi connectivity index (χ3v) is 7.83. The van der Waals surface area contributed by atoms with Gasteiger partial charge in [-0.15, -0.1) is 0 Å². The van der Waals surface area contributed by atoms with E-state index in [1.807, 2.05) is 32.9 Å². The number of benzene rings is 1. The summed E-state index contributed by atoms with van der Waals surface area (Å²) < 4.78 is 27.8. The zero-order valence-electron chi connectivity index (χ0n) is 14.2. The molecule has 3 atom stereocenters. The van der Waals surface area contributed by atoms with Crippen LogP contribution in [0.4, 0.5) is 0 Å². The van der Waals surface area contributed by atoms with Crippen molar-refractivity contribution in [3.05, 3.63) is 29.3 Å². The van der Waals surface area contributed by atoms with E-state index >= 15 is 0 Å². The quantitative estimate of drug-likeness (QED) is 0.923. The van der Waals surface area contributed by atoms with Gasteiger partial charge in [0.1, 0.15) is 0 Å². The third-order valence-electron chi connectivity index (χ3n) is 5.86. The van der Waals surface area contributed by atoms with Crippen molar-refractivity contribution in [1.29, 1.82) is 0 Å². The Balaban J connectivity index is 1.92. The predicted molar refractivity (Wildman–Crippen MR) is 90.7 cm³/mol. The maximum atomic E-state index is 13.1. The molecule has 1 aliphatic heterocycles. The van der Waals surface area contributed by atoms with Crippen LogP contribution >= 0.6 is 0 Å². The van der Waals surface area contributed by atoms with Crippen molar-refractivity contribution >= 4 is 10.0 Å². The monoisotopic (exact) mass is 337 g/mol. The Labute approximate surface area is 139 Å². The van der Waals surface area contributed by atoms with Gasteiger partial charge in [0.15, 0.2) is 0 Å². The Morgan fingerprint density at radius 2 is 2.04 bits per heavy atom. The molecule has 2 aliphatic rings. The van der Waals surface area contributed by atoms with Crippen LogP contribution in [-0.2, 0) is 10.0 Å². The molecule has 0 spiro atoms. The van der Waals surface area contributed by atoms with Gasteiger partial charge in [-0.05, 0) is 56.2 Å². The average Bonchev–Trinajstić information content (AvgIpc) is 2.96. The van der Waals surface area contributed by atoms with E-state index in [2.05, 4.69) is 0 Å².